The number of aryl methyl sites for hydroxylation is 1. The van der Waals surface area contributed by atoms with Crippen LogP contribution >= 0.6 is 11.6 Å². The van der Waals surface area contributed by atoms with Crippen molar-refractivity contribution in [1.82, 2.24) is 19.6 Å². The normalized spacial score (nSPS) is 13.1. The Kier molecular flexibility index (Phi) is 8.19. The third-order valence-corrected chi connectivity index (χ3v) is 5.43. The van der Waals surface area contributed by atoms with E-state index in [4.69, 9.17) is 16.7 Å². The molecule has 0 spiro atoms. The largest absolute Gasteiger partial charge is 0.368 e. The van der Waals surface area contributed by atoms with Gasteiger partial charge in [-0.2, -0.15) is 5.10 Å². The molecule has 1 atom stereocenters. The summed E-state index contributed by atoms with van der Waals surface area (Å²) in [6, 6.07) is 6.56. The Morgan fingerprint density at radius 2 is 1.96 bits per heavy atom. The van der Waals surface area contributed by atoms with Gasteiger partial charge in [-0.3, -0.25) is 4.68 Å². The van der Waals surface area contributed by atoms with Crippen molar-refractivity contribution < 1.29 is 0 Å². The van der Waals surface area contributed by atoms with Crippen molar-refractivity contribution in [2.24, 2.45) is 0 Å². The molecular formula is C20H34ClN5. The Labute approximate surface area is 163 Å². The molecule has 1 N–H and O–H groups in total. The minimum absolute atomic E-state index is 0.520. The van der Waals surface area contributed by atoms with Crippen LogP contribution in [-0.2, 0) is 6.54 Å². The lowest BCUT2D eigenvalue weighted by molar-refractivity contribution is 0.286. The Hall–Kier alpha value is -1.30. The van der Waals surface area contributed by atoms with E-state index in [1.165, 1.54) is 0 Å². The zero-order chi connectivity index (χ0) is 19.1. The molecule has 0 bridgehead atoms. The maximum Gasteiger partial charge on any atom is 0.156 e. The molecule has 1 aromatic carbocycles. The lowest BCUT2D eigenvalue weighted by atomic mass is 10.2. The third kappa shape index (κ3) is 5.60. The average Bonchev–Trinajstić information content (AvgIpc) is 2.96. The minimum atomic E-state index is 0.520. The first-order valence-electron chi connectivity index (χ1n) is 9.75. The van der Waals surface area contributed by atoms with Gasteiger partial charge in [0, 0.05) is 29.5 Å². The summed E-state index contributed by atoms with van der Waals surface area (Å²) in [6.45, 7) is 11.8. The van der Waals surface area contributed by atoms with Gasteiger partial charge >= 0.3 is 0 Å². The van der Waals surface area contributed by atoms with Gasteiger partial charge in [0.05, 0.1) is 5.52 Å². The first-order chi connectivity index (χ1) is 12.5. The smallest absolute Gasteiger partial charge is 0.156 e. The zero-order valence-electron chi connectivity index (χ0n) is 16.9. The maximum absolute atomic E-state index is 6.23. The van der Waals surface area contributed by atoms with E-state index in [9.17, 15) is 0 Å². The van der Waals surface area contributed by atoms with Crippen molar-refractivity contribution in [3.63, 3.8) is 0 Å². The number of halogens is 1. The van der Waals surface area contributed by atoms with E-state index < -0.39 is 0 Å². The first-order valence-corrected chi connectivity index (χ1v) is 10.1. The van der Waals surface area contributed by atoms with Gasteiger partial charge in [0.2, 0.25) is 0 Å². The molecule has 0 amide bonds. The first kappa shape index (κ1) is 21.0. The molecule has 5 nitrogen and oxygen atoms in total. The molecule has 2 aromatic rings. The summed E-state index contributed by atoms with van der Waals surface area (Å²) in [5.41, 5.74) is 1.14. The van der Waals surface area contributed by atoms with Crippen LogP contribution in [0.1, 0.15) is 33.6 Å². The molecule has 1 heterocycles. The Bertz CT molecular complexity index is 678. The zero-order valence-corrected chi connectivity index (χ0v) is 17.7. The third-order valence-electron chi connectivity index (χ3n) is 5.19. The van der Waals surface area contributed by atoms with Crippen molar-refractivity contribution in [3.8, 4) is 0 Å². The number of aromatic nitrogens is 2. The number of anilines is 1. The lowest BCUT2D eigenvalue weighted by Gasteiger charge is -2.19. The second kappa shape index (κ2) is 10.1. The van der Waals surface area contributed by atoms with E-state index >= 15 is 0 Å². The fourth-order valence-electron chi connectivity index (χ4n) is 3.07. The summed E-state index contributed by atoms with van der Waals surface area (Å²) in [5, 5.41) is 10.2. The topological polar surface area (TPSA) is 36.3 Å². The molecule has 0 saturated heterocycles. The Balaban J connectivity index is 2.07. The van der Waals surface area contributed by atoms with Crippen LogP contribution in [0, 0.1) is 0 Å². The molecule has 26 heavy (non-hydrogen) atoms. The molecular weight excluding hydrogens is 346 g/mol. The predicted molar refractivity (Wildman–Crippen MR) is 113 cm³/mol. The molecule has 1 aromatic heterocycles. The highest BCUT2D eigenvalue weighted by Crippen LogP contribution is 2.26. The number of hydrogen-bond donors (Lipinski definition) is 1. The van der Waals surface area contributed by atoms with Crippen LogP contribution in [0.3, 0.4) is 0 Å². The van der Waals surface area contributed by atoms with Gasteiger partial charge in [-0.15, -0.1) is 0 Å². The van der Waals surface area contributed by atoms with E-state index in [-0.39, 0.29) is 0 Å². The molecule has 0 aliphatic rings. The van der Waals surface area contributed by atoms with E-state index in [1.54, 1.807) is 0 Å². The number of fused-ring (bicyclic) bond motifs is 1. The van der Waals surface area contributed by atoms with Crippen LogP contribution in [0.4, 0.5) is 5.82 Å². The van der Waals surface area contributed by atoms with Gasteiger partial charge in [0.15, 0.2) is 5.82 Å². The van der Waals surface area contributed by atoms with E-state index in [0.717, 1.165) is 67.3 Å². The molecule has 0 saturated carbocycles. The van der Waals surface area contributed by atoms with Gasteiger partial charge < -0.3 is 15.1 Å². The van der Waals surface area contributed by atoms with Crippen molar-refractivity contribution in [2.75, 3.05) is 45.6 Å². The minimum Gasteiger partial charge on any atom is -0.368 e. The molecule has 2 rings (SSSR count). The standard InChI is InChI=1S/C20H34ClN5/c1-6-25(7-2)13-8-12-22-20-18-15-17(21)9-10-19(18)26(23-20)14-11-16(3)24(4)5/h9-10,15-16H,6-8,11-14H2,1-5H3,(H,22,23). The monoisotopic (exact) mass is 379 g/mol. The SMILES string of the molecule is CCN(CC)CCCNc1nn(CCC(C)N(C)C)c2ccc(Cl)cc12. The molecule has 0 aliphatic heterocycles. The molecule has 0 radical (unpaired) electrons. The highest BCUT2D eigenvalue weighted by molar-refractivity contribution is 6.31. The van der Waals surface area contributed by atoms with Gasteiger partial charge in [-0.25, -0.2) is 0 Å². The van der Waals surface area contributed by atoms with Gasteiger partial charge in [-0.1, -0.05) is 25.4 Å². The molecule has 0 fully saturated rings. The Morgan fingerprint density at radius 3 is 2.62 bits per heavy atom. The van der Waals surface area contributed by atoms with E-state index in [2.05, 4.69) is 60.7 Å². The molecule has 146 valence electrons. The number of rotatable bonds is 11. The van der Waals surface area contributed by atoms with Gasteiger partial charge in [-0.05, 0) is 71.7 Å². The number of benzene rings is 1. The summed E-state index contributed by atoms with van der Waals surface area (Å²) >= 11 is 6.23. The van der Waals surface area contributed by atoms with Gasteiger partial charge in [0.25, 0.3) is 0 Å². The highest BCUT2D eigenvalue weighted by Gasteiger charge is 2.12. The van der Waals surface area contributed by atoms with Crippen LogP contribution in [-0.4, -0.2) is 65.9 Å². The van der Waals surface area contributed by atoms with Crippen molar-refractivity contribution in [3.05, 3.63) is 23.2 Å². The second-order valence-corrected chi connectivity index (χ2v) is 7.58. The van der Waals surface area contributed by atoms with Crippen LogP contribution < -0.4 is 5.32 Å². The van der Waals surface area contributed by atoms with Crippen molar-refractivity contribution >= 4 is 28.3 Å². The lowest BCUT2D eigenvalue weighted by Crippen LogP contribution is -2.26. The fourth-order valence-corrected chi connectivity index (χ4v) is 3.24. The predicted octanol–water partition coefficient (Wildman–Crippen LogP) is 4.17. The van der Waals surface area contributed by atoms with Crippen LogP contribution in [0.5, 0.6) is 0 Å². The number of hydrogen-bond acceptors (Lipinski definition) is 4. The summed E-state index contributed by atoms with van der Waals surface area (Å²) in [7, 11) is 4.24. The fraction of sp³-hybridized carbons (Fsp3) is 0.650. The van der Waals surface area contributed by atoms with Crippen molar-refractivity contribution in [2.45, 2.75) is 46.2 Å². The summed E-state index contributed by atoms with van der Waals surface area (Å²) in [6.07, 6.45) is 2.17. The van der Waals surface area contributed by atoms with Crippen LogP contribution in [0.15, 0.2) is 18.2 Å². The maximum atomic E-state index is 6.23. The summed E-state index contributed by atoms with van der Waals surface area (Å²) in [4.78, 5) is 4.69. The number of nitrogens with one attached hydrogen (secondary N) is 1. The number of nitrogens with zero attached hydrogens (tertiary/aromatic N) is 4. The second-order valence-electron chi connectivity index (χ2n) is 7.14. The summed E-state index contributed by atoms with van der Waals surface area (Å²) < 4.78 is 2.11. The molecule has 1 unspecified atom stereocenters. The molecule has 0 aliphatic carbocycles. The van der Waals surface area contributed by atoms with Crippen LogP contribution in [0.2, 0.25) is 5.02 Å². The van der Waals surface area contributed by atoms with Crippen molar-refractivity contribution in [1.29, 1.82) is 0 Å². The molecule has 6 heteroatoms. The summed E-state index contributed by atoms with van der Waals surface area (Å²) in [5.74, 6) is 0.944. The van der Waals surface area contributed by atoms with Crippen LogP contribution in [0.25, 0.3) is 10.9 Å². The average molecular weight is 380 g/mol. The highest BCUT2D eigenvalue weighted by atomic mass is 35.5. The van der Waals surface area contributed by atoms with Gasteiger partial charge in [0.1, 0.15) is 0 Å². The Morgan fingerprint density at radius 1 is 1.23 bits per heavy atom. The van der Waals surface area contributed by atoms with E-state index in [1.807, 2.05) is 12.1 Å². The van der Waals surface area contributed by atoms with E-state index in [0.29, 0.717) is 6.04 Å². The quantitative estimate of drug-likeness (QED) is 0.594.